The highest BCUT2D eigenvalue weighted by atomic mass is 32.2. The Kier molecular flexibility index (Phi) is 4.55. The summed E-state index contributed by atoms with van der Waals surface area (Å²) in [6.45, 7) is 0.186. The van der Waals surface area contributed by atoms with E-state index in [4.69, 9.17) is 14.6 Å². The van der Waals surface area contributed by atoms with Crippen LogP contribution in [0, 0.1) is 0 Å². The van der Waals surface area contributed by atoms with Crippen LogP contribution < -0.4 is 0 Å². The number of thioether (sulfide) groups is 1. The molecule has 0 atom stereocenters. The molecule has 1 aromatic rings. The van der Waals surface area contributed by atoms with Crippen molar-refractivity contribution in [1.82, 2.24) is 0 Å². The molecule has 1 aromatic heterocycles. The maximum atomic E-state index is 10.5. The lowest BCUT2D eigenvalue weighted by Crippen LogP contribution is -1.92. The number of carboxylic acid groups (broad SMARTS) is 1. The van der Waals surface area contributed by atoms with Gasteiger partial charge in [-0.15, -0.1) is 0 Å². The monoisotopic (exact) mass is 216 g/mol. The summed E-state index contributed by atoms with van der Waals surface area (Å²) in [5.41, 5.74) is 0.183. The predicted octanol–water partition coefficient (Wildman–Crippen LogP) is 1.59. The molecule has 0 radical (unpaired) electrons. The SMILES string of the molecule is O=C(O)c1coc(CSCCCO)c1. The lowest BCUT2D eigenvalue weighted by Gasteiger charge is -1.95. The summed E-state index contributed by atoms with van der Waals surface area (Å²) in [5, 5.41) is 17.1. The Labute approximate surface area is 85.9 Å². The molecule has 14 heavy (non-hydrogen) atoms. The summed E-state index contributed by atoms with van der Waals surface area (Å²) in [4.78, 5) is 10.5. The molecule has 0 saturated heterocycles. The van der Waals surface area contributed by atoms with E-state index in [0.717, 1.165) is 12.2 Å². The number of furan rings is 1. The summed E-state index contributed by atoms with van der Waals surface area (Å²) in [7, 11) is 0. The van der Waals surface area contributed by atoms with E-state index >= 15 is 0 Å². The molecule has 0 fully saturated rings. The molecule has 0 aliphatic rings. The van der Waals surface area contributed by atoms with Crippen molar-refractivity contribution in [1.29, 1.82) is 0 Å². The van der Waals surface area contributed by atoms with E-state index in [0.29, 0.717) is 11.5 Å². The zero-order valence-corrected chi connectivity index (χ0v) is 8.42. The average Bonchev–Trinajstić information content (AvgIpc) is 2.61. The van der Waals surface area contributed by atoms with Gasteiger partial charge in [-0.1, -0.05) is 0 Å². The largest absolute Gasteiger partial charge is 0.478 e. The number of hydrogen-bond donors (Lipinski definition) is 2. The number of aromatic carboxylic acids is 1. The van der Waals surface area contributed by atoms with Crippen LogP contribution in [-0.2, 0) is 5.75 Å². The third kappa shape index (κ3) is 3.43. The fourth-order valence-corrected chi connectivity index (χ4v) is 1.74. The van der Waals surface area contributed by atoms with Crippen LogP contribution in [0.4, 0.5) is 0 Å². The van der Waals surface area contributed by atoms with Crippen molar-refractivity contribution < 1.29 is 19.4 Å². The van der Waals surface area contributed by atoms with Crippen LogP contribution >= 0.6 is 11.8 Å². The Morgan fingerprint density at radius 2 is 2.36 bits per heavy atom. The maximum absolute atomic E-state index is 10.5. The van der Waals surface area contributed by atoms with Crippen molar-refractivity contribution in [2.45, 2.75) is 12.2 Å². The molecule has 0 aliphatic carbocycles. The Morgan fingerprint density at radius 1 is 1.57 bits per heavy atom. The third-order valence-electron chi connectivity index (χ3n) is 1.59. The Hall–Kier alpha value is -0.940. The van der Waals surface area contributed by atoms with E-state index in [2.05, 4.69) is 0 Å². The standard InChI is InChI=1S/C9H12O4S/c10-2-1-3-14-6-8-4-7(5-13-8)9(11)12/h4-5,10H,1-3,6H2,(H,11,12). The van der Waals surface area contributed by atoms with Crippen molar-refractivity contribution in [3.8, 4) is 0 Å². The molecule has 5 heteroatoms. The van der Waals surface area contributed by atoms with Crippen molar-refractivity contribution in [3.63, 3.8) is 0 Å². The highest BCUT2D eigenvalue weighted by Gasteiger charge is 2.07. The Morgan fingerprint density at radius 3 is 2.93 bits per heavy atom. The van der Waals surface area contributed by atoms with Gasteiger partial charge in [0, 0.05) is 6.61 Å². The van der Waals surface area contributed by atoms with Crippen LogP contribution in [0.5, 0.6) is 0 Å². The zero-order chi connectivity index (χ0) is 10.4. The molecule has 0 saturated carbocycles. The summed E-state index contributed by atoms with van der Waals surface area (Å²) >= 11 is 1.61. The summed E-state index contributed by atoms with van der Waals surface area (Å²) in [6, 6.07) is 1.52. The van der Waals surface area contributed by atoms with Crippen molar-refractivity contribution in [2.24, 2.45) is 0 Å². The number of carboxylic acids is 1. The lowest BCUT2D eigenvalue weighted by molar-refractivity contribution is 0.0696. The molecule has 4 nitrogen and oxygen atoms in total. The molecule has 0 aliphatic heterocycles. The second-order valence-electron chi connectivity index (χ2n) is 2.74. The third-order valence-corrected chi connectivity index (χ3v) is 2.66. The van der Waals surface area contributed by atoms with Crippen molar-refractivity contribution in [3.05, 3.63) is 23.7 Å². The fourth-order valence-electron chi connectivity index (χ4n) is 0.908. The first-order valence-corrected chi connectivity index (χ1v) is 5.39. The van der Waals surface area contributed by atoms with Crippen LogP contribution in [0.1, 0.15) is 22.5 Å². The molecule has 1 rings (SSSR count). The van der Waals surface area contributed by atoms with Gasteiger partial charge in [0.25, 0.3) is 0 Å². The number of carbonyl (C=O) groups is 1. The first kappa shape index (κ1) is 11.1. The summed E-state index contributed by atoms with van der Waals surface area (Å²) in [5.74, 6) is 1.18. The molecular formula is C9H12O4S. The van der Waals surface area contributed by atoms with Gasteiger partial charge in [-0.25, -0.2) is 4.79 Å². The maximum Gasteiger partial charge on any atom is 0.338 e. The Balaban J connectivity index is 2.33. The highest BCUT2D eigenvalue weighted by Crippen LogP contribution is 2.15. The zero-order valence-electron chi connectivity index (χ0n) is 7.60. The van der Waals surface area contributed by atoms with E-state index in [-0.39, 0.29) is 12.2 Å². The minimum absolute atomic E-state index is 0.183. The second-order valence-corrected chi connectivity index (χ2v) is 3.84. The molecule has 0 aromatic carbocycles. The van der Waals surface area contributed by atoms with Gasteiger partial charge in [0.05, 0.1) is 11.3 Å². The molecule has 0 unspecified atom stereocenters. The Bertz CT molecular complexity index is 295. The van der Waals surface area contributed by atoms with E-state index < -0.39 is 5.97 Å². The van der Waals surface area contributed by atoms with Gasteiger partial charge in [-0.05, 0) is 18.2 Å². The number of aliphatic hydroxyl groups is 1. The van der Waals surface area contributed by atoms with E-state index in [1.165, 1.54) is 12.3 Å². The summed E-state index contributed by atoms with van der Waals surface area (Å²) in [6.07, 6.45) is 1.99. The van der Waals surface area contributed by atoms with Crippen molar-refractivity contribution in [2.75, 3.05) is 12.4 Å². The average molecular weight is 216 g/mol. The fraction of sp³-hybridized carbons (Fsp3) is 0.444. The predicted molar refractivity (Wildman–Crippen MR) is 53.5 cm³/mol. The normalized spacial score (nSPS) is 10.4. The van der Waals surface area contributed by atoms with Crippen LogP contribution in [0.15, 0.2) is 16.7 Å². The minimum Gasteiger partial charge on any atom is -0.478 e. The minimum atomic E-state index is -0.972. The molecule has 2 N–H and O–H groups in total. The quantitative estimate of drug-likeness (QED) is 0.707. The first-order chi connectivity index (χ1) is 6.74. The van der Waals surface area contributed by atoms with Crippen LogP contribution in [-0.4, -0.2) is 28.5 Å². The van der Waals surface area contributed by atoms with Gasteiger partial charge in [-0.2, -0.15) is 11.8 Å². The number of aliphatic hydroxyl groups excluding tert-OH is 1. The van der Waals surface area contributed by atoms with Crippen molar-refractivity contribution >= 4 is 17.7 Å². The highest BCUT2D eigenvalue weighted by molar-refractivity contribution is 7.98. The lowest BCUT2D eigenvalue weighted by atomic mass is 10.3. The van der Waals surface area contributed by atoms with Gasteiger partial charge < -0.3 is 14.6 Å². The number of rotatable bonds is 6. The van der Waals surface area contributed by atoms with Gasteiger partial charge in [0.2, 0.25) is 0 Å². The van der Waals surface area contributed by atoms with E-state index in [1.54, 1.807) is 11.8 Å². The second kappa shape index (κ2) is 5.72. The topological polar surface area (TPSA) is 70.7 Å². The molecule has 0 bridgehead atoms. The molecule has 1 heterocycles. The van der Waals surface area contributed by atoms with Gasteiger partial charge in [0.1, 0.15) is 12.0 Å². The molecular weight excluding hydrogens is 204 g/mol. The van der Waals surface area contributed by atoms with Gasteiger partial charge in [-0.3, -0.25) is 0 Å². The summed E-state index contributed by atoms with van der Waals surface area (Å²) < 4.78 is 5.04. The van der Waals surface area contributed by atoms with Crippen LogP contribution in [0.2, 0.25) is 0 Å². The molecule has 0 spiro atoms. The molecule has 0 amide bonds. The first-order valence-electron chi connectivity index (χ1n) is 4.23. The van der Waals surface area contributed by atoms with Crippen LogP contribution in [0.25, 0.3) is 0 Å². The van der Waals surface area contributed by atoms with Gasteiger partial charge in [0.15, 0.2) is 0 Å². The van der Waals surface area contributed by atoms with E-state index in [1.807, 2.05) is 0 Å². The molecule has 78 valence electrons. The smallest absolute Gasteiger partial charge is 0.338 e. The van der Waals surface area contributed by atoms with Crippen LogP contribution in [0.3, 0.4) is 0 Å². The van der Waals surface area contributed by atoms with Gasteiger partial charge >= 0.3 is 5.97 Å². The van der Waals surface area contributed by atoms with E-state index in [9.17, 15) is 4.79 Å². The number of hydrogen-bond acceptors (Lipinski definition) is 4.